The van der Waals surface area contributed by atoms with Crippen molar-refractivity contribution in [1.82, 2.24) is 9.80 Å². The molecule has 2 aliphatic heterocycles. The van der Waals surface area contributed by atoms with Crippen LogP contribution in [-0.4, -0.2) is 61.1 Å². The van der Waals surface area contributed by atoms with Gasteiger partial charge >= 0.3 is 0 Å². The highest BCUT2D eigenvalue weighted by Gasteiger charge is 2.45. The number of fused-ring (bicyclic) bond motifs is 1. The minimum Gasteiger partial charge on any atom is -0.381 e. The Hall–Kier alpha value is -1.39. The van der Waals surface area contributed by atoms with Crippen LogP contribution >= 0.6 is 0 Å². The average molecular weight is 288 g/mol. The van der Waals surface area contributed by atoms with E-state index in [4.69, 9.17) is 4.74 Å². The Morgan fingerprint density at radius 2 is 2.05 bits per heavy atom. The number of hydrogen-bond donors (Lipinski definition) is 0. The summed E-state index contributed by atoms with van der Waals surface area (Å²) >= 11 is 0. The molecule has 21 heavy (non-hydrogen) atoms. The molecule has 1 aromatic carbocycles. The number of carbonyl (C=O) groups is 1. The van der Waals surface area contributed by atoms with E-state index < -0.39 is 0 Å². The quantitative estimate of drug-likeness (QED) is 0.851. The van der Waals surface area contributed by atoms with Crippen molar-refractivity contribution < 1.29 is 9.53 Å². The third kappa shape index (κ3) is 2.70. The summed E-state index contributed by atoms with van der Waals surface area (Å²) in [4.78, 5) is 17.3. The van der Waals surface area contributed by atoms with Crippen molar-refractivity contribution >= 4 is 5.91 Å². The molecule has 2 fully saturated rings. The zero-order valence-electron chi connectivity index (χ0n) is 12.9. The Labute approximate surface area is 126 Å². The van der Waals surface area contributed by atoms with Crippen molar-refractivity contribution in [2.45, 2.75) is 25.5 Å². The zero-order chi connectivity index (χ0) is 14.8. The molecule has 2 aliphatic rings. The van der Waals surface area contributed by atoms with Crippen LogP contribution < -0.4 is 0 Å². The van der Waals surface area contributed by atoms with Crippen molar-refractivity contribution in [2.24, 2.45) is 5.92 Å². The third-order valence-electron chi connectivity index (χ3n) is 4.97. The Balaban J connectivity index is 1.81. The maximum absolute atomic E-state index is 12.8. The number of piperidine rings is 1. The van der Waals surface area contributed by atoms with Gasteiger partial charge in [0, 0.05) is 38.2 Å². The molecule has 114 valence electrons. The first-order chi connectivity index (χ1) is 10.2. The van der Waals surface area contributed by atoms with Crippen molar-refractivity contribution in [3.05, 3.63) is 35.9 Å². The number of methoxy groups -OCH3 is 1. The molecule has 0 radical (unpaired) electrons. The van der Waals surface area contributed by atoms with Gasteiger partial charge < -0.3 is 14.5 Å². The second-order valence-corrected chi connectivity index (χ2v) is 6.01. The van der Waals surface area contributed by atoms with E-state index in [0.29, 0.717) is 5.92 Å². The zero-order valence-corrected chi connectivity index (χ0v) is 12.9. The van der Waals surface area contributed by atoms with E-state index in [0.717, 1.165) is 38.2 Å². The number of carbonyl (C=O) groups excluding carboxylic acids is 1. The molecular weight excluding hydrogens is 264 g/mol. The Morgan fingerprint density at radius 1 is 1.29 bits per heavy atom. The highest BCUT2D eigenvalue weighted by atomic mass is 16.5. The fourth-order valence-electron chi connectivity index (χ4n) is 3.79. The molecule has 0 aromatic heterocycles. The number of hydrogen-bond acceptors (Lipinski definition) is 3. The maximum Gasteiger partial charge on any atom is 0.254 e. The monoisotopic (exact) mass is 288 g/mol. The van der Waals surface area contributed by atoms with Crippen molar-refractivity contribution in [1.29, 1.82) is 0 Å². The predicted octanol–water partition coefficient (Wildman–Crippen LogP) is 1.87. The molecule has 2 heterocycles. The van der Waals surface area contributed by atoms with Gasteiger partial charge in [0.2, 0.25) is 0 Å². The van der Waals surface area contributed by atoms with Gasteiger partial charge in [-0.15, -0.1) is 0 Å². The molecule has 0 bridgehead atoms. The van der Waals surface area contributed by atoms with Gasteiger partial charge in [-0.3, -0.25) is 4.79 Å². The van der Waals surface area contributed by atoms with E-state index in [9.17, 15) is 4.79 Å². The Morgan fingerprint density at radius 3 is 2.71 bits per heavy atom. The summed E-state index contributed by atoms with van der Waals surface area (Å²) in [5.74, 6) is 0.606. The minimum atomic E-state index is 0.165. The summed E-state index contributed by atoms with van der Waals surface area (Å²) in [5, 5.41) is 0. The van der Waals surface area contributed by atoms with Gasteiger partial charge in [-0.2, -0.15) is 0 Å². The maximum atomic E-state index is 12.8. The second kappa shape index (κ2) is 6.16. The lowest BCUT2D eigenvalue weighted by atomic mass is 9.88. The van der Waals surface area contributed by atoms with Crippen LogP contribution in [0, 0.1) is 5.92 Å². The number of amides is 1. The first-order valence-corrected chi connectivity index (χ1v) is 7.85. The molecule has 0 aliphatic carbocycles. The fraction of sp³-hybridized carbons (Fsp3) is 0.588. The summed E-state index contributed by atoms with van der Waals surface area (Å²) in [6.07, 6.45) is 1.22. The molecule has 1 amide bonds. The van der Waals surface area contributed by atoms with Crippen molar-refractivity contribution in [3.63, 3.8) is 0 Å². The average Bonchev–Trinajstić information content (AvgIpc) is 2.98. The fourth-order valence-corrected chi connectivity index (χ4v) is 3.79. The van der Waals surface area contributed by atoms with Crippen LogP contribution in [0.15, 0.2) is 30.3 Å². The van der Waals surface area contributed by atoms with Gasteiger partial charge in [-0.25, -0.2) is 0 Å². The van der Waals surface area contributed by atoms with Crippen molar-refractivity contribution in [2.75, 3.05) is 33.3 Å². The highest BCUT2D eigenvalue weighted by Crippen LogP contribution is 2.33. The SMILES string of the molecule is CCN1C[C@H]2[C@@H](OC)CCN(C(=O)c3ccccc3)[C@H]2C1. The molecule has 3 atom stereocenters. The number of rotatable bonds is 3. The number of likely N-dealkylation sites (tertiary alicyclic amines) is 2. The predicted molar refractivity (Wildman–Crippen MR) is 82.3 cm³/mol. The smallest absolute Gasteiger partial charge is 0.254 e. The topological polar surface area (TPSA) is 32.8 Å². The highest BCUT2D eigenvalue weighted by molar-refractivity contribution is 5.94. The molecular formula is C17H24N2O2. The lowest BCUT2D eigenvalue weighted by Crippen LogP contribution is -2.53. The van der Waals surface area contributed by atoms with Crippen LogP contribution in [0.4, 0.5) is 0 Å². The summed E-state index contributed by atoms with van der Waals surface area (Å²) in [6.45, 7) is 6.03. The van der Waals surface area contributed by atoms with Gasteiger partial charge in [-0.1, -0.05) is 25.1 Å². The van der Waals surface area contributed by atoms with Gasteiger partial charge in [-0.05, 0) is 25.1 Å². The van der Waals surface area contributed by atoms with E-state index in [1.165, 1.54) is 0 Å². The van der Waals surface area contributed by atoms with Gasteiger partial charge in [0.05, 0.1) is 12.1 Å². The van der Waals surface area contributed by atoms with Crippen molar-refractivity contribution in [3.8, 4) is 0 Å². The third-order valence-corrected chi connectivity index (χ3v) is 4.97. The minimum absolute atomic E-state index is 0.165. The normalized spacial score (nSPS) is 29.4. The molecule has 0 unspecified atom stereocenters. The van der Waals surface area contributed by atoms with Crippen LogP contribution in [0.25, 0.3) is 0 Å². The lowest BCUT2D eigenvalue weighted by Gasteiger charge is -2.41. The Kier molecular flexibility index (Phi) is 4.27. The van der Waals surface area contributed by atoms with E-state index in [1.54, 1.807) is 7.11 Å². The van der Waals surface area contributed by atoms with E-state index >= 15 is 0 Å². The summed E-state index contributed by atoms with van der Waals surface area (Å²) in [7, 11) is 1.80. The Bertz CT molecular complexity index is 491. The van der Waals surface area contributed by atoms with Gasteiger partial charge in [0.1, 0.15) is 0 Å². The molecule has 4 nitrogen and oxygen atoms in total. The van der Waals surface area contributed by atoms with E-state index in [2.05, 4.69) is 16.7 Å². The number of nitrogens with zero attached hydrogens (tertiary/aromatic N) is 2. The molecule has 0 saturated carbocycles. The first kappa shape index (κ1) is 14.5. The number of ether oxygens (including phenoxy) is 1. The molecule has 0 N–H and O–H groups in total. The molecule has 2 saturated heterocycles. The summed E-state index contributed by atoms with van der Waals surface area (Å²) in [5.41, 5.74) is 0.794. The molecule has 0 spiro atoms. The standard InChI is InChI=1S/C17H24N2O2/c1-3-18-11-14-15(12-18)19(10-9-16(14)21-2)17(20)13-7-5-4-6-8-13/h4-8,14-16H,3,9-12H2,1-2H3/t14-,15+,16+/m1/s1. The summed E-state index contributed by atoms with van der Waals surface area (Å²) < 4.78 is 5.67. The van der Waals surface area contributed by atoms with Crippen LogP contribution in [0.3, 0.4) is 0 Å². The molecule has 1 aromatic rings. The van der Waals surface area contributed by atoms with E-state index in [-0.39, 0.29) is 18.1 Å². The van der Waals surface area contributed by atoms with Crippen LogP contribution in [0.5, 0.6) is 0 Å². The number of benzene rings is 1. The van der Waals surface area contributed by atoms with E-state index in [1.807, 2.05) is 30.3 Å². The first-order valence-electron chi connectivity index (χ1n) is 7.85. The van der Waals surface area contributed by atoms with Gasteiger partial charge in [0.15, 0.2) is 0 Å². The largest absolute Gasteiger partial charge is 0.381 e. The molecule has 3 rings (SSSR count). The van der Waals surface area contributed by atoms with Crippen LogP contribution in [-0.2, 0) is 4.74 Å². The van der Waals surface area contributed by atoms with Crippen LogP contribution in [0.2, 0.25) is 0 Å². The summed E-state index contributed by atoms with van der Waals surface area (Å²) in [6, 6.07) is 9.92. The second-order valence-electron chi connectivity index (χ2n) is 6.01. The molecule has 4 heteroatoms. The lowest BCUT2D eigenvalue weighted by molar-refractivity contribution is -0.0156. The van der Waals surface area contributed by atoms with Crippen LogP contribution in [0.1, 0.15) is 23.7 Å². The van der Waals surface area contributed by atoms with Gasteiger partial charge in [0.25, 0.3) is 5.91 Å². The number of likely N-dealkylation sites (N-methyl/N-ethyl adjacent to an activating group) is 1.